The summed E-state index contributed by atoms with van der Waals surface area (Å²) in [5.74, 6) is 4.82. The van der Waals surface area contributed by atoms with E-state index in [9.17, 15) is 23.2 Å². The largest absolute Gasteiger partial charge is 0.481 e. The highest BCUT2D eigenvalue weighted by atomic mass is 32.2. The third-order valence-electron chi connectivity index (χ3n) is 6.10. The smallest absolute Gasteiger partial charge is 0.263 e. The first-order valence-electron chi connectivity index (χ1n) is 12.3. The van der Waals surface area contributed by atoms with Gasteiger partial charge in [0.1, 0.15) is 25.0 Å². The fourth-order valence-electron chi connectivity index (χ4n) is 4.12. The number of methoxy groups -OCH3 is 1. The molecule has 0 fully saturated rings. The van der Waals surface area contributed by atoms with Gasteiger partial charge < -0.3 is 14.4 Å². The molecule has 0 aliphatic carbocycles. The number of carbonyl (C=O) groups excluding carboxylic acids is 2. The van der Waals surface area contributed by atoms with E-state index in [1.54, 1.807) is 29.7 Å². The standard InChI is InChI=1S/C27H33N3O7S/c1-3-4-5-12-26(31)29-20-25(27(32)28-33)30(19-21-10-6-7-11-24(21)29)38(34,35)23-15-13-22(14-16-23)37-18-9-8-17-36-2/h6-7,10-11,13-16,25,33H,3-5,12,17-20H2,1-2H3,(H,28,32). The number of unbranched alkanes of at least 4 members (excludes halogenated alkanes) is 2. The molecule has 2 aromatic rings. The van der Waals surface area contributed by atoms with E-state index < -0.39 is 22.0 Å². The van der Waals surface area contributed by atoms with Gasteiger partial charge >= 0.3 is 0 Å². The molecule has 0 bridgehead atoms. The number of amides is 2. The molecule has 1 atom stereocenters. The van der Waals surface area contributed by atoms with Gasteiger partial charge in [-0.05, 0) is 42.3 Å². The minimum absolute atomic E-state index is 0.0636. The summed E-state index contributed by atoms with van der Waals surface area (Å²) in [6.45, 7) is 2.02. The molecule has 10 nitrogen and oxygen atoms in total. The second-order valence-corrected chi connectivity index (χ2v) is 10.6. The van der Waals surface area contributed by atoms with Crippen LogP contribution in [0, 0.1) is 11.8 Å². The Hall–Kier alpha value is -3.43. The molecule has 3 rings (SSSR count). The normalized spacial score (nSPS) is 15.6. The first kappa shape index (κ1) is 29.1. The zero-order chi connectivity index (χ0) is 27.5. The van der Waals surface area contributed by atoms with Gasteiger partial charge in [0.15, 0.2) is 0 Å². The summed E-state index contributed by atoms with van der Waals surface area (Å²) >= 11 is 0. The fourth-order valence-corrected chi connectivity index (χ4v) is 5.68. The summed E-state index contributed by atoms with van der Waals surface area (Å²) in [5.41, 5.74) is 2.69. The van der Waals surface area contributed by atoms with Crippen LogP contribution in [0.3, 0.4) is 0 Å². The average Bonchev–Trinajstić information content (AvgIpc) is 3.11. The maximum atomic E-state index is 13.8. The number of sulfonamides is 1. The minimum atomic E-state index is -4.23. The molecule has 0 radical (unpaired) electrons. The second kappa shape index (κ2) is 13.9. The van der Waals surface area contributed by atoms with Crippen molar-refractivity contribution in [1.82, 2.24) is 9.79 Å². The zero-order valence-corrected chi connectivity index (χ0v) is 22.4. The van der Waals surface area contributed by atoms with Crippen LogP contribution in [0.4, 0.5) is 5.69 Å². The van der Waals surface area contributed by atoms with Crippen molar-refractivity contribution < 1.29 is 32.7 Å². The molecule has 0 aromatic heterocycles. The molecule has 38 heavy (non-hydrogen) atoms. The van der Waals surface area contributed by atoms with Crippen molar-refractivity contribution in [2.45, 2.75) is 50.1 Å². The SMILES string of the molecule is CCCCCC(=O)N1CC(C(=O)NO)N(S(=O)(=O)c2ccc(OCC#CCOC)cc2)Cc2ccccc21. The Morgan fingerprint density at radius 1 is 1.08 bits per heavy atom. The number of hydroxylamine groups is 1. The molecule has 11 heteroatoms. The predicted octanol–water partition coefficient (Wildman–Crippen LogP) is 2.71. The lowest BCUT2D eigenvalue weighted by molar-refractivity contribution is -0.133. The molecule has 204 valence electrons. The highest BCUT2D eigenvalue weighted by Gasteiger charge is 2.41. The molecular weight excluding hydrogens is 510 g/mol. The number of rotatable bonds is 10. The maximum absolute atomic E-state index is 13.8. The van der Waals surface area contributed by atoms with Gasteiger partial charge in [0, 0.05) is 25.8 Å². The first-order valence-corrected chi connectivity index (χ1v) is 13.8. The number of nitrogens with zero attached hydrogens (tertiary/aromatic N) is 2. The van der Waals surface area contributed by atoms with Gasteiger partial charge in [-0.15, -0.1) is 0 Å². The van der Waals surface area contributed by atoms with Crippen molar-refractivity contribution in [1.29, 1.82) is 0 Å². The van der Waals surface area contributed by atoms with Crippen LogP contribution in [0.15, 0.2) is 53.4 Å². The Balaban J connectivity index is 1.93. The van der Waals surface area contributed by atoms with Gasteiger partial charge in [-0.25, -0.2) is 13.9 Å². The molecule has 1 aliphatic rings. The van der Waals surface area contributed by atoms with E-state index in [-0.39, 0.29) is 43.5 Å². The van der Waals surface area contributed by atoms with Gasteiger partial charge in [0.05, 0.1) is 11.4 Å². The van der Waals surface area contributed by atoms with Crippen molar-refractivity contribution in [3.63, 3.8) is 0 Å². The molecule has 0 spiro atoms. The van der Waals surface area contributed by atoms with Crippen LogP contribution in [0.25, 0.3) is 0 Å². The molecule has 2 aromatic carbocycles. The van der Waals surface area contributed by atoms with Crippen LogP contribution in [0.5, 0.6) is 5.75 Å². The lowest BCUT2D eigenvalue weighted by atomic mass is 10.1. The average molecular weight is 544 g/mol. The van der Waals surface area contributed by atoms with Crippen LogP contribution in [0.2, 0.25) is 0 Å². The van der Waals surface area contributed by atoms with Gasteiger partial charge in [-0.2, -0.15) is 4.31 Å². The Bertz CT molecular complexity index is 1270. The number of fused-ring (bicyclic) bond motifs is 1. The summed E-state index contributed by atoms with van der Waals surface area (Å²) in [6, 6.07) is 11.4. The Labute approximate surface area is 223 Å². The van der Waals surface area contributed by atoms with Crippen LogP contribution >= 0.6 is 0 Å². The summed E-state index contributed by atoms with van der Waals surface area (Å²) in [6.07, 6.45) is 2.76. The Kier molecular flexibility index (Phi) is 10.7. The molecule has 2 amide bonds. The molecule has 1 heterocycles. The van der Waals surface area contributed by atoms with Crippen LogP contribution in [0.1, 0.15) is 38.2 Å². The van der Waals surface area contributed by atoms with Crippen molar-refractivity contribution in [2.75, 3.05) is 31.8 Å². The lowest BCUT2D eigenvalue weighted by Gasteiger charge is -2.29. The fraction of sp³-hybridized carbons (Fsp3) is 0.407. The second-order valence-electron chi connectivity index (χ2n) is 8.68. The number of ether oxygens (including phenoxy) is 2. The zero-order valence-electron chi connectivity index (χ0n) is 21.6. The molecule has 0 saturated carbocycles. The number of benzene rings is 2. The van der Waals surface area contributed by atoms with Gasteiger partial charge in [0.25, 0.3) is 5.91 Å². The highest BCUT2D eigenvalue weighted by molar-refractivity contribution is 7.89. The van der Waals surface area contributed by atoms with E-state index in [1.807, 2.05) is 6.92 Å². The van der Waals surface area contributed by atoms with E-state index >= 15 is 0 Å². The molecular formula is C27H33N3O7S. The predicted molar refractivity (Wildman–Crippen MR) is 141 cm³/mol. The number of para-hydroxylation sites is 1. The maximum Gasteiger partial charge on any atom is 0.263 e. The monoisotopic (exact) mass is 543 g/mol. The summed E-state index contributed by atoms with van der Waals surface area (Å²) in [4.78, 5) is 27.4. The van der Waals surface area contributed by atoms with Gasteiger partial charge in [0.2, 0.25) is 15.9 Å². The Morgan fingerprint density at radius 2 is 1.79 bits per heavy atom. The quantitative estimate of drug-likeness (QED) is 0.204. The van der Waals surface area contributed by atoms with E-state index in [2.05, 4.69) is 11.8 Å². The molecule has 1 unspecified atom stereocenters. The lowest BCUT2D eigenvalue weighted by Crippen LogP contribution is -2.53. The first-order chi connectivity index (χ1) is 18.3. The highest BCUT2D eigenvalue weighted by Crippen LogP contribution is 2.32. The van der Waals surface area contributed by atoms with Crippen LogP contribution < -0.4 is 15.1 Å². The van der Waals surface area contributed by atoms with Gasteiger partial charge in [-0.1, -0.05) is 49.8 Å². The summed E-state index contributed by atoms with van der Waals surface area (Å²) in [7, 11) is -2.69. The minimum Gasteiger partial charge on any atom is -0.481 e. The van der Waals surface area contributed by atoms with E-state index in [1.165, 1.54) is 36.3 Å². The number of anilines is 1. The van der Waals surface area contributed by atoms with Crippen LogP contribution in [-0.2, 0) is 30.9 Å². The molecule has 1 aliphatic heterocycles. The number of carbonyl (C=O) groups is 2. The van der Waals surface area contributed by atoms with Crippen molar-refractivity contribution >= 4 is 27.5 Å². The van der Waals surface area contributed by atoms with Gasteiger partial charge in [-0.3, -0.25) is 14.8 Å². The summed E-state index contributed by atoms with van der Waals surface area (Å²) < 4.78 is 39.0. The Morgan fingerprint density at radius 3 is 2.47 bits per heavy atom. The number of nitrogens with one attached hydrogen (secondary N) is 1. The number of hydrogen-bond acceptors (Lipinski definition) is 7. The van der Waals surface area contributed by atoms with Crippen molar-refractivity contribution in [2.24, 2.45) is 0 Å². The number of hydrogen-bond donors (Lipinski definition) is 2. The topological polar surface area (TPSA) is 125 Å². The van der Waals surface area contributed by atoms with E-state index in [4.69, 9.17) is 9.47 Å². The molecule has 2 N–H and O–H groups in total. The van der Waals surface area contributed by atoms with E-state index in [0.717, 1.165) is 17.1 Å². The van der Waals surface area contributed by atoms with E-state index in [0.29, 0.717) is 23.4 Å². The van der Waals surface area contributed by atoms with Crippen LogP contribution in [-0.4, -0.2) is 62.7 Å². The third kappa shape index (κ3) is 7.11. The van der Waals surface area contributed by atoms with Crippen molar-refractivity contribution in [3.05, 3.63) is 54.1 Å². The molecule has 0 saturated heterocycles. The summed E-state index contributed by atoms with van der Waals surface area (Å²) in [5, 5.41) is 9.46. The van der Waals surface area contributed by atoms with Crippen molar-refractivity contribution in [3.8, 4) is 17.6 Å². The third-order valence-corrected chi connectivity index (χ3v) is 7.97.